The first-order valence-electron chi connectivity index (χ1n) is 7.37. The van der Waals surface area contributed by atoms with E-state index in [2.05, 4.69) is 19.8 Å². The van der Waals surface area contributed by atoms with Gasteiger partial charge in [-0.1, -0.05) is 0 Å². The Balaban J connectivity index is 1.72. The average Bonchev–Trinajstić information content (AvgIpc) is 2.52. The first-order chi connectivity index (χ1) is 10.3. The predicted molar refractivity (Wildman–Crippen MR) is 80.9 cm³/mol. The third kappa shape index (κ3) is 3.45. The van der Waals surface area contributed by atoms with E-state index in [1.807, 2.05) is 0 Å². The van der Waals surface area contributed by atoms with Gasteiger partial charge in [0.05, 0.1) is 25.5 Å². The second-order valence-corrected chi connectivity index (χ2v) is 5.70. The van der Waals surface area contributed by atoms with Crippen molar-refractivity contribution in [1.29, 1.82) is 0 Å². The molecule has 0 aromatic carbocycles. The maximum absolute atomic E-state index is 6.08. The van der Waals surface area contributed by atoms with Gasteiger partial charge in [0.1, 0.15) is 5.82 Å². The quantitative estimate of drug-likeness (QED) is 0.772. The molecule has 0 saturated carbocycles. The van der Waals surface area contributed by atoms with Crippen LogP contribution in [0.2, 0.25) is 5.28 Å². The molecule has 1 aromatic rings. The molecule has 0 aliphatic carbocycles. The number of halogens is 1. The van der Waals surface area contributed by atoms with Crippen molar-refractivity contribution in [3.8, 4) is 0 Å². The van der Waals surface area contributed by atoms with E-state index >= 15 is 0 Å². The first kappa shape index (κ1) is 15.0. The van der Waals surface area contributed by atoms with Crippen LogP contribution in [-0.2, 0) is 22.5 Å². The zero-order chi connectivity index (χ0) is 14.7. The number of hydrogen-bond acceptors (Lipinski definition) is 6. The zero-order valence-corrected chi connectivity index (χ0v) is 13.1. The number of rotatable bonds is 4. The van der Waals surface area contributed by atoms with Crippen molar-refractivity contribution in [1.82, 2.24) is 14.9 Å². The first-order valence-corrected chi connectivity index (χ1v) is 7.75. The summed E-state index contributed by atoms with van der Waals surface area (Å²) in [5, 5.41) is 0.340. The van der Waals surface area contributed by atoms with Gasteiger partial charge in [-0.05, 0) is 11.6 Å². The lowest BCUT2D eigenvalue weighted by atomic mass is 10.1. The molecule has 0 amide bonds. The topological polar surface area (TPSA) is 50.7 Å². The van der Waals surface area contributed by atoms with Gasteiger partial charge in [-0.2, -0.15) is 0 Å². The van der Waals surface area contributed by atoms with E-state index in [1.165, 1.54) is 0 Å². The van der Waals surface area contributed by atoms with Crippen molar-refractivity contribution in [2.75, 3.05) is 57.9 Å². The number of ether oxygens (including phenoxy) is 2. The number of aromatic nitrogens is 2. The van der Waals surface area contributed by atoms with Gasteiger partial charge in [0.2, 0.25) is 5.28 Å². The molecule has 0 unspecified atom stereocenters. The minimum absolute atomic E-state index is 0.340. The van der Waals surface area contributed by atoms with Gasteiger partial charge in [-0.25, -0.2) is 9.97 Å². The van der Waals surface area contributed by atoms with Gasteiger partial charge in [0.15, 0.2) is 0 Å². The van der Waals surface area contributed by atoms with Gasteiger partial charge in [-0.15, -0.1) is 0 Å². The van der Waals surface area contributed by atoms with Crippen LogP contribution >= 0.6 is 11.6 Å². The molecule has 116 valence electrons. The molecule has 3 heterocycles. The van der Waals surface area contributed by atoms with E-state index in [9.17, 15) is 0 Å². The second kappa shape index (κ2) is 6.87. The second-order valence-electron chi connectivity index (χ2n) is 5.37. The maximum atomic E-state index is 6.08. The van der Waals surface area contributed by atoms with Gasteiger partial charge in [0, 0.05) is 51.8 Å². The summed E-state index contributed by atoms with van der Waals surface area (Å²) in [7, 11) is 1.74. The Bertz CT molecular complexity index is 492. The molecule has 2 aliphatic rings. The summed E-state index contributed by atoms with van der Waals surface area (Å²) in [5.74, 6) is 0.955. The van der Waals surface area contributed by atoms with Crippen molar-refractivity contribution in [2.45, 2.75) is 13.0 Å². The van der Waals surface area contributed by atoms with Gasteiger partial charge in [-0.3, -0.25) is 4.90 Å². The fourth-order valence-electron chi connectivity index (χ4n) is 2.85. The summed E-state index contributed by atoms with van der Waals surface area (Å²) in [5.41, 5.74) is 2.15. The molecule has 2 aliphatic heterocycles. The number of piperazine rings is 1. The van der Waals surface area contributed by atoms with Crippen LogP contribution in [0.4, 0.5) is 5.82 Å². The van der Waals surface area contributed by atoms with Crippen molar-refractivity contribution in [3.05, 3.63) is 16.5 Å². The van der Waals surface area contributed by atoms with Gasteiger partial charge in [0.25, 0.3) is 0 Å². The van der Waals surface area contributed by atoms with Crippen LogP contribution in [0.1, 0.15) is 11.3 Å². The molecule has 21 heavy (non-hydrogen) atoms. The average molecular weight is 313 g/mol. The van der Waals surface area contributed by atoms with Crippen LogP contribution in [0.15, 0.2) is 0 Å². The van der Waals surface area contributed by atoms with E-state index in [0.29, 0.717) is 18.5 Å². The number of fused-ring (bicyclic) bond motifs is 1. The number of methoxy groups -OCH3 is 1. The summed E-state index contributed by atoms with van der Waals surface area (Å²) in [4.78, 5) is 13.5. The monoisotopic (exact) mass is 312 g/mol. The molecule has 0 bridgehead atoms. The number of anilines is 1. The highest BCUT2D eigenvalue weighted by atomic mass is 35.5. The lowest BCUT2D eigenvalue weighted by molar-refractivity contribution is 0.109. The molecule has 1 fully saturated rings. The van der Waals surface area contributed by atoms with Crippen LogP contribution < -0.4 is 4.90 Å². The Hall–Kier alpha value is -0.950. The molecule has 6 nitrogen and oxygen atoms in total. The fraction of sp³-hybridized carbons (Fsp3) is 0.714. The molecule has 0 spiro atoms. The lowest BCUT2D eigenvalue weighted by Crippen LogP contribution is -2.48. The van der Waals surface area contributed by atoms with Gasteiger partial charge < -0.3 is 14.4 Å². The third-order valence-electron chi connectivity index (χ3n) is 4.06. The molecule has 0 N–H and O–H groups in total. The maximum Gasteiger partial charge on any atom is 0.224 e. The van der Waals surface area contributed by atoms with Crippen LogP contribution in [-0.4, -0.2) is 67.9 Å². The van der Waals surface area contributed by atoms with Crippen molar-refractivity contribution in [3.63, 3.8) is 0 Å². The molecular formula is C14H21ClN4O2. The van der Waals surface area contributed by atoms with Gasteiger partial charge >= 0.3 is 0 Å². The lowest BCUT2D eigenvalue weighted by Gasteiger charge is -2.36. The van der Waals surface area contributed by atoms with Crippen LogP contribution in [0.3, 0.4) is 0 Å². The van der Waals surface area contributed by atoms with Crippen LogP contribution in [0.5, 0.6) is 0 Å². The summed E-state index contributed by atoms with van der Waals surface area (Å²) < 4.78 is 10.7. The van der Waals surface area contributed by atoms with E-state index in [-0.39, 0.29) is 0 Å². The third-order valence-corrected chi connectivity index (χ3v) is 4.23. The van der Waals surface area contributed by atoms with Crippen molar-refractivity contribution >= 4 is 17.4 Å². The molecule has 0 radical (unpaired) electrons. The molecule has 3 rings (SSSR count). The Labute approximate surface area is 130 Å². The Morgan fingerprint density at radius 2 is 2.05 bits per heavy atom. The summed E-state index contributed by atoms with van der Waals surface area (Å²) in [6.07, 6.45) is 0.818. The zero-order valence-electron chi connectivity index (χ0n) is 12.3. The smallest absolute Gasteiger partial charge is 0.224 e. The minimum atomic E-state index is 0.340. The SMILES string of the molecule is COCCN1CCN(c2nc(Cl)nc3c2COCC3)CC1. The largest absolute Gasteiger partial charge is 0.383 e. The van der Waals surface area contributed by atoms with E-state index in [4.69, 9.17) is 21.1 Å². The molecule has 0 atom stereocenters. The highest BCUT2D eigenvalue weighted by Crippen LogP contribution is 2.27. The summed E-state index contributed by atoms with van der Waals surface area (Å²) in [6.45, 7) is 6.99. The minimum Gasteiger partial charge on any atom is -0.383 e. The summed E-state index contributed by atoms with van der Waals surface area (Å²) >= 11 is 6.08. The standard InChI is InChI=1S/C14H21ClN4O2/c1-20-9-7-18-3-5-19(6-4-18)13-11-10-21-8-2-12(11)16-14(15)17-13/h2-10H2,1H3. The number of hydrogen-bond donors (Lipinski definition) is 0. The molecular weight excluding hydrogens is 292 g/mol. The molecule has 7 heteroatoms. The normalized spacial score (nSPS) is 19.6. The van der Waals surface area contributed by atoms with E-state index in [1.54, 1.807) is 7.11 Å². The summed E-state index contributed by atoms with van der Waals surface area (Å²) in [6, 6.07) is 0. The highest BCUT2D eigenvalue weighted by molar-refractivity contribution is 6.28. The predicted octanol–water partition coefficient (Wildman–Crippen LogP) is 0.971. The van der Waals surface area contributed by atoms with Crippen LogP contribution in [0, 0.1) is 0 Å². The van der Waals surface area contributed by atoms with E-state index in [0.717, 1.165) is 62.8 Å². The van der Waals surface area contributed by atoms with Crippen LogP contribution in [0.25, 0.3) is 0 Å². The Kier molecular flexibility index (Phi) is 4.90. The van der Waals surface area contributed by atoms with E-state index < -0.39 is 0 Å². The number of nitrogens with zero attached hydrogens (tertiary/aromatic N) is 4. The Morgan fingerprint density at radius 3 is 2.81 bits per heavy atom. The molecule has 1 saturated heterocycles. The molecule has 1 aromatic heterocycles. The van der Waals surface area contributed by atoms with Crippen molar-refractivity contribution < 1.29 is 9.47 Å². The Morgan fingerprint density at radius 1 is 1.24 bits per heavy atom. The highest BCUT2D eigenvalue weighted by Gasteiger charge is 2.24. The fourth-order valence-corrected chi connectivity index (χ4v) is 3.03. The van der Waals surface area contributed by atoms with Crippen molar-refractivity contribution in [2.24, 2.45) is 0 Å².